The van der Waals surface area contributed by atoms with Crippen molar-refractivity contribution in [2.24, 2.45) is 0 Å². The molecule has 1 N–H and O–H groups in total. The van der Waals surface area contributed by atoms with E-state index >= 15 is 0 Å². The van der Waals surface area contributed by atoms with Crippen molar-refractivity contribution in [1.82, 2.24) is 29.5 Å². The molecule has 7 heteroatoms. The van der Waals surface area contributed by atoms with Crippen molar-refractivity contribution in [2.45, 2.75) is 13.5 Å². The van der Waals surface area contributed by atoms with Crippen LogP contribution in [0.25, 0.3) is 11.5 Å². The van der Waals surface area contributed by atoms with Crippen molar-refractivity contribution in [3.05, 3.63) is 78.1 Å². The van der Waals surface area contributed by atoms with Gasteiger partial charge in [0.15, 0.2) is 0 Å². The van der Waals surface area contributed by atoms with Crippen LogP contribution in [0.1, 0.15) is 21.7 Å². The first-order chi connectivity index (χ1) is 12.2. The maximum atomic E-state index is 12.6. The number of carbonyl (C=O) groups is 1. The Hall–Kier alpha value is -3.48. The van der Waals surface area contributed by atoms with Crippen LogP contribution in [0.2, 0.25) is 0 Å². The van der Waals surface area contributed by atoms with Crippen molar-refractivity contribution >= 4 is 11.7 Å². The molecule has 3 heterocycles. The van der Waals surface area contributed by atoms with Crippen LogP contribution in [-0.4, -0.2) is 30.1 Å². The standard InChI is InChI=1S/C18H16N6O/c1-13-16(23-9-3-7-19-18(23)22-13)17(25)20-12-14-5-2-6-15(11-14)24-10-4-8-21-24/h2-11H,12H2,1H3,(H,20,25). The van der Waals surface area contributed by atoms with Crippen LogP contribution in [0, 0.1) is 6.92 Å². The molecule has 124 valence electrons. The lowest BCUT2D eigenvalue weighted by Gasteiger charge is -2.08. The Morgan fingerprint density at radius 3 is 2.88 bits per heavy atom. The van der Waals surface area contributed by atoms with Gasteiger partial charge in [-0.1, -0.05) is 12.1 Å². The molecule has 0 radical (unpaired) electrons. The van der Waals surface area contributed by atoms with E-state index < -0.39 is 0 Å². The molecule has 1 amide bonds. The van der Waals surface area contributed by atoms with Gasteiger partial charge in [-0.05, 0) is 36.8 Å². The molecule has 0 aliphatic rings. The van der Waals surface area contributed by atoms with Crippen LogP contribution in [0.5, 0.6) is 0 Å². The quantitative estimate of drug-likeness (QED) is 0.621. The van der Waals surface area contributed by atoms with Crippen LogP contribution >= 0.6 is 0 Å². The first-order valence-corrected chi connectivity index (χ1v) is 7.89. The van der Waals surface area contributed by atoms with Crippen LogP contribution in [0.3, 0.4) is 0 Å². The molecule has 0 atom stereocenters. The summed E-state index contributed by atoms with van der Waals surface area (Å²) in [6.07, 6.45) is 7.06. The zero-order valence-corrected chi connectivity index (χ0v) is 13.6. The van der Waals surface area contributed by atoms with Gasteiger partial charge in [-0.2, -0.15) is 5.10 Å². The summed E-state index contributed by atoms with van der Waals surface area (Å²) in [5.41, 5.74) is 3.10. The van der Waals surface area contributed by atoms with Gasteiger partial charge in [0, 0.05) is 31.3 Å². The van der Waals surface area contributed by atoms with Crippen molar-refractivity contribution < 1.29 is 4.79 Å². The highest BCUT2D eigenvalue weighted by atomic mass is 16.1. The summed E-state index contributed by atoms with van der Waals surface area (Å²) >= 11 is 0. The third kappa shape index (κ3) is 2.87. The molecular weight excluding hydrogens is 316 g/mol. The molecule has 0 spiro atoms. The molecule has 0 fully saturated rings. The predicted molar refractivity (Wildman–Crippen MR) is 92.5 cm³/mol. The van der Waals surface area contributed by atoms with E-state index in [0.29, 0.717) is 23.7 Å². The predicted octanol–water partition coefficient (Wildman–Crippen LogP) is 2.15. The maximum Gasteiger partial charge on any atom is 0.270 e. The Bertz CT molecular complexity index is 1030. The lowest BCUT2D eigenvalue weighted by molar-refractivity contribution is 0.0944. The highest BCUT2D eigenvalue weighted by Crippen LogP contribution is 2.12. The van der Waals surface area contributed by atoms with Gasteiger partial charge in [-0.15, -0.1) is 0 Å². The van der Waals surface area contributed by atoms with Crippen LogP contribution in [-0.2, 0) is 6.54 Å². The van der Waals surface area contributed by atoms with Gasteiger partial charge in [0.1, 0.15) is 5.69 Å². The number of amides is 1. The molecular formula is C18H16N6O. The summed E-state index contributed by atoms with van der Waals surface area (Å²) in [5, 5.41) is 7.17. The highest BCUT2D eigenvalue weighted by Gasteiger charge is 2.16. The Morgan fingerprint density at radius 2 is 2.04 bits per heavy atom. The second-order valence-corrected chi connectivity index (χ2v) is 5.64. The molecule has 0 saturated heterocycles. The van der Waals surface area contributed by atoms with E-state index in [1.807, 2.05) is 43.5 Å². The highest BCUT2D eigenvalue weighted by molar-refractivity contribution is 5.94. The number of imidazole rings is 1. The Labute approximate surface area is 144 Å². The number of benzene rings is 1. The van der Waals surface area contributed by atoms with E-state index in [0.717, 1.165) is 11.3 Å². The van der Waals surface area contributed by atoms with Crippen molar-refractivity contribution in [3.8, 4) is 5.69 Å². The minimum atomic E-state index is -0.178. The van der Waals surface area contributed by atoms with Gasteiger partial charge >= 0.3 is 0 Å². The summed E-state index contributed by atoms with van der Waals surface area (Å²) < 4.78 is 3.48. The van der Waals surface area contributed by atoms with E-state index in [4.69, 9.17) is 0 Å². The Morgan fingerprint density at radius 1 is 1.16 bits per heavy atom. The zero-order valence-electron chi connectivity index (χ0n) is 13.6. The van der Waals surface area contributed by atoms with E-state index in [2.05, 4.69) is 20.4 Å². The first kappa shape index (κ1) is 15.1. The smallest absolute Gasteiger partial charge is 0.270 e. The molecule has 1 aromatic carbocycles. The first-order valence-electron chi connectivity index (χ1n) is 7.89. The molecule has 4 rings (SSSR count). The van der Waals surface area contributed by atoms with Gasteiger partial charge in [-0.3, -0.25) is 9.20 Å². The topological polar surface area (TPSA) is 77.1 Å². The van der Waals surface area contributed by atoms with Crippen molar-refractivity contribution in [1.29, 1.82) is 0 Å². The van der Waals surface area contributed by atoms with Crippen molar-refractivity contribution in [2.75, 3.05) is 0 Å². The minimum Gasteiger partial charge on any atom is -0.347 e. The Balaban J connectivity index is 1.54. The van der Waals surface area contributed by atoms with E-state index in [9.17, 15) is 4.79 Å². The molecule has 0 bridgehead atoms. The van der Waals surface area contributed by atoms with E-state index in [-0.39, 0.29) is 5.91 Å². The number of nitrogens with zero attached hydrogens (tertiary/aromatic N) is 5. The van der Waals surface area contributed by atoms with Crippen LogP contribution < -0.4 is 5.32 Å². The molecule has 7 nitrogen and oxygen atoms in total. The molecule has 0 aliphatic heterocycles. The third-order valence-corrected chi connectivity index (χ3v) is 3.93. The largest absolute Gasteiger partial charge is 0.347 e. The number of aryl methyl sites for hydroxylation is 1. The Kier molecular flexibility index (Phi) is 3.74. The van der Waals surface area contributed by atoms with Gasteiger partial charge in [-0.25, -0.2) is 14.6 Å². The summed E-state index contributed by atoms with van der Waals surface area (Å²) in [6, 6.07) is 11.5. The van der Waals surface area contributed by atoms with Gasteiger partial charge in [0.05, 0.1) is 11.4 Å². The second kappa shape index (κ2) is 6.20. The molecule has 4 aromatic rings. The van der Waals surface area contributed by atoms with Gasteiger partial charge in [0.25, 0.3) is 5.91 Å². The molecule has 0 saturated carbocycles. The monoisotopic (exact) mass is 332 g/mol. The fourth-order valence-electron chi connectivity index (χ4n) is 2.77. The lowest BCUT2D eigenvalue weighted by atomic mass is 10.2. The van der Waals surface area contributed by atoms with Crippen LogP contribution in [0.15, 0.2) is 61.2 Å². The normalized spacial score (nSPS) is 10.9. The van der Waals surface area contributed by atoms with Crippen molar-refractivity contribution in [3.63, 3.8) is 0 Å². The second-order valence-electron chi connectivity index (χ2n) is 5.64. The lowest BCUT2D eigenvalue weighted by Crippen LogP contribution is -2.25. The number of rotatable bonds is 4. The number of aromatic nitrogens is 5. The SMILES string of the molecule is Cc1nc2ncccn2c1C(=O)NCc1cccc(-n2cccn2)c1. The molecule has 0 unspecified atom stereocenters. The summed E-state index contributed by atoms with van der Waals surface area (Å²) in [6.45, 7) is 2.23. The minimum absolute atomic E-state index is 0.178. The average molecular weight is 332 g/mol. The molecule has 3 aromatic heterocycles. The molecule has 25 heavy (non-hydrogen) atoms. The number of carbonyl (C=O) groups excluding carboxylic acids is 1. The van der Waals surface area contributed by atoms with E-state index in [1.54, 1.807) is 33.7 Å². The number of hydrogen-bond donors (Lipinski definition) is 1. The zero-order chi connectivity index (χ0) is 17.2. The fraction of sp³-hybridized carbons (Fsp3) is 0.111. The summed E-state index contributed by atoms with van der Waals surface area (Å²) in [5.74, 6) is 0.341. The molecule has 0 aliphatic carbocycles. The average Bonchev–Trinajstić information content (AvgIpc) is 3.27. The number of nitrogens with one attached hydrogen (secondary N) is 1. The fourth-order valence-corrected chi connectivity index (χ4v) is 2.77. The summed E-state index contributed by atoms with van der Waals surface area (Å²) in [7, 11) is 0. The summed E-state index contributed by atoms with van der Waals surface area (Å²) in [4.78, 5) is 21.1. The third-order valence-electron chi connectivity index (χ3n) is 3.93. The van der Waals surface area contributed by atoms with Crippen LogP contribution in [0.4, 0.5) is 0 Å². The number of fused-ring (bicyclic) bond motifs is 1. The van der Waals surface area contributed by atoms with E-state index in [1.165, 1.54) is 0 Å². The van der Waals surface area contributed by atoms with Gasteiger partial charge < -0.3 is 5.32 Å². The number of hydrogen-bond acceptors (Lipinski definition) is 4. The van der Waals surface area contributed by atoms with Gasteiger partial charge in [0.2, 0.25) is 5.78 Å². The maximum absolute atomic E-state index is 12.6.